The molecule has 1 saturated carbocycles. The van der Waals surface area contributed by atoms with Gasteiger partial charge in [0.2, 0.25) is 0 Å². The smallest absolute Gasteiger partial charge is 0.279 e. The Kier molecular flexibility index (Phi) is 5.30. The molecule has 8 heteroatoms. The molecule has 1 aromatic carbocycles. The molecule has 3 aliphatic rings. The number of thiazole rings is 1. The molecule has 0 atom stereocenters. The van der Waals surface area contributed by atoms with Crippen molar-refractivity contribution in [2.75, 3.05) is 11.4 Å². The molecule has 2 aromatic rings. The van der Waals surface area contributed by atoms with Gasteiger partial charge in [0.1, 0.15) is 14.2 Å². The van der Waals surface area contributed by atoms with Gasteiger partial charge in [-0.3, -0.25) is 9.59 Å². The topological polar surface area (TPSA) is 57.9 Å². The van der Waals surface area contributed by atoms with Crippen molar-refractivity contribution < 1.29 is 4.79 Å². The van der Waals surface area contributed by atoms with Crippen molar-refractivity contribution in [2.45, 2.75) is 56.9 Å². The fourth-order valence-electron chi connectivity index (χ4n) is 4.67. The Morgan fingerprint density at radius 1 is 1.13 bits per heavy atom. The lowest BCUT2D eigenvalue weighted by Gasteiger charge is -2.27. The molecular weight excluding hydrogens is 428 g/mol. The second kappa shape index (κ2) is 7.98. The number of benzene rings is 1. The molecule has 0 spiro atoms. The minimum atomic E-state index is -0.0625. The number of fused-ring (bicyclic) bond motifs is 1. The van der Waals surface area contributed by atoms with Crippen LogP contribution in [0.1, 0.15) is 46.0 Å². The number of hydrogen-bond donors (Lipinski definition) is 0. The average Bonchev–Trinajstić information content (AvgIpc) is 3.40. The van der Waals surface area contributed by atoms with Gasteiger partial charge in [-0.05, 0) is 38.8 Å². The number of para-hydroxylation sites is 1. The normalized spacial score (nSPS) is 22.9. The highest BCUT2D eigenvalue weighted by Crippen LogP contribution is 2.45. The number of carbonyl (C=O) groups excluding carboxylic acids is 1. The van der Waals surface area contributed by atoms with Gasteiger partial charge in [-0.2, -0.15) is 5.10 Å². The minimum absolute atomic E-state index is 0.0574. The predicted octanol–water partition coefficient (Wildman–Crippen LogP) is 2.85. The third-order valence-corrected chi connectivity index (χ3v) is 8.85. The van der Waals surface area contributed by atoms with E-state index in [1.807, 2.05) is 19.1 Å². The molecular formula is C23H26N4O2S2. The van der Waals surface area contributed by atoms with Crippen molar-refractivity contribution in [2.24, 2.45) is 12.1 Å². The molecule has 1 amide bonds. The molecule has 0 radical (unpaired) electrons. The number of aromatic nitrogens is 1. The Bertz CT molecular complexity index is 1270. The number of thioether (sulfide) groups is 1. The zero-order chi connectivity index (χ0) is 21.7. The number of hydrogen-bond acceptors (Lipinski definition) is 6. The van der Waals surface area contributed by atoms with Crippen molar-refractivity contribution in [3.8, 4) is 0 Å². The number of hydrazone groups is 1. The largest absolute Gasteiger partial charge is 0.334 e. The Balaban J connectivity index is 1.65. The van der Waals surface area contributed by atoms with Crippen LogP contribution >= 0.6 is 23.1 Å². The summed E-state index contributed by atoms with van der Waals surface area (Å²) in [5, 5.41) is 7.25. The van der Waals surface area contributed by atoms with Crippen molar-refractivity contribution in [3.63, 3.8) is 0 Å². The summed E-state index contributed by atoms with van der Waals surface area (Å²) in [4.78, 5) is 30.0. The van der Waals surface area contributed by atoms with Gasteiger partial charge in [0.05, 0.1) is 23.0 Å². The fraction of sp³-hybridized carbons (Fsp3) is 0.435. The molecule has 0 saturated heterocycles. The van der Waals surface area contributed by atoms with E-state index in [4.69, 9.17) is 0 Å². The van der Waals surface area contributed by atoms with Gasteiger partial charge in [-0.25, -0.2) is 5.01 Å². The molecule has 5 rings (SSSR count). The number of anilines is 1. The highest BCUT2D eigenvalue weighted by molar-refractivity contribution is 8.08. The molecule has 2 aliphatic heterocycles. The first-order valence-electron chi connectivity index (χ1n) is 10.9. The van der Waals surface area contributed by atoms with Gasteiger partial charge >= 0.3 is 0 Å². The van der Waals surface area contributed by atoms with Gasteiger partial charge in [0, 0.05) is 18.5 Å². The molecule has 1 fully saturated rings. The summed E-state index contributed by atoms with van der Waals surface area (Å²) in [6, 6.07) is 8.40. The Hall–Kier alpha value is -2.32. The van der Waals surface area contributed by atoms with Crippen LogP contribution in [0.3, 0.4) is 0 Å². The van der Waals surface area contributed by atoms with Gasteiger partial charge in [-0.1, -0.05) is 43.2 Å². The molecule has 1 aromatic heterocycles. The molecule has 31 heavy (non-hydrogen) atoms. The summed E-state index contributed by atoms with van der Waals surface area (Å²) in [5.41, 5.74) is 2.36. The third kappa shape index (κ3) is 3.27. The van der Waals surface area contributed by atoms with E-state index in [0.29, 0.717) is 20.5 Å². The lowest BCUT2D eigenvalue weighted by Crippen LogP contribution is -2.37. The molecule has 162 valence electrons. The van der Waals surface area contributed by atoms with Crippen molar-refractivity contribution >= 4 is 51.0 Å². The highest BCUT2D eigenvalue weighted by atomic mass is 32.2. The summed E-state index contributed by atoms with van der Waals surface area (Å²) in [7, 11) is 1.76. The molecule has 3 heterocycles. The van der Waals surface area contributed by atoms with Crippen LogP contribution in [-0.2, 0) is 11.8 Å². The van der Waals surface area contributed by atoms with Crippen LogP contribution in [0.2, 0.25) is 0 Å². The first-order chi connectivity index (χ1) is 15.0. The van der Waals surface area contributed by atoms with Gasteiger partial charge in [-0.15, -0.1) is 11.3 Å². The standard InChI is InChI=1S/C23H26N4O2S2/c1-4-26-16-12-8-9-13-17(16)30-23(26)19-21(29)25(3)22(31-19)18-14(2)24-27(20(18)28)15-10-6-5-7-11-15/h8-9,12-13,15H,4-7,10-11H2,1-3H3/b22-18+,23-19-. The predicted molar refractivity (Wildman–Crippen MR) is 128 cm³/mol. The van der Waals surface area contributed by atoms with Crippen LogP contribution in [0, 0.1) is 0 Å². The second-order valence-electron chi connectivity index (χ2n) is 8.22. The quantitative estimate of drug-likeness (QED) is 0.700. The van der Waals surface area contributed by atoms with Crippen LogP contribution in [-0.4, -0.2) is 33.8 Å². The van der Waals surface area contributed by atoms with Crippen LogP contribution in [0.15, 0.2) is 39.1 Å². The van der Waals surface area contributed by atoms with Crippen molar-refractivity contribution in [3.05, 3.63) is 43.8 Å². The first kappa shape index (κ1) is 20.6. The SMILES string of the molecule is CCN1/C(=c2/s/c(=C3/C(=O)N(C4CCCCC4)N=C3C)n(C)c2=O)Sc2ccccc21. The maximum atomic E-state index is 13.4. The van der Waals surface area contributed by atoms with Crippen LogP contribution in [0.25, 0.3) is 10.6 Å². The fourth-order valence-corrected chi connectivity index (χ4v) is 7.25. The lowest BCUT2D eigenvalue weighted by molar-refractivity contribution is -0.126. The summed E-state index contributed by atoms with van der Waals surface area (Å²) in [5.74, 6) is -0.0625. The number of rotatable bonds is 2. The number of nitrogens with zero attached hydrogens (tertiary/aromatic N) is 4. The van der Waals surface area contributed by atoms with Crippen LogP contribution < -0.4 is 19.7 Å². The van der Waals surface area contributed by atoms with Crippen LogP contribution in [0.4, 0.5) is 5.69 Å². The third-order valence-electron chi connectivity index (χ3n) is 6.30. The summed E-state index contributed by atoms with van der Waals surface area (Å²) >= 11 is 3.04. The summed E-state index contributed by atoms with van der Waals surface area (Å²) < 4.78 is 3.01. The maximum absolute atomic E-state index is 13.4. The Morgan fingerprint density at radius 3 is 2.61 bits per heavy atom. The number of carbonyl (C=O) groups is 1. The second-order valence-corrected chi connectivity index (χ2v) is 10.3. The maximum Gasteiger partial charge on any atom is 0.279 e. The van der Waals surface area contributed by atoms with E-state index in [0.717, 1.165) is 47.8 Å². The molecule has 0 bridgehead atoms. The van der Waals surface area contributed by atoms with E-state index in [2.05, 4.69) is 29.1 Å². The molecule has 6 nitrogen and oxygen atoms in total. The van der Waals surface area contributed by atoms with E-state index < -0.39 is 0 Å². The lowest BCUT2D eigenvalue weighted by atomic mass is 9.95. The summed E-state index contributed by atoms with van der Waals surface area (Å²) in [6.07, 6.45) is 5.52. The average molecular weight is 455 g/mol. The zero-order valence-electron chi connectivity index (χ0n) is 18.1. The van der Waals surface area contributed by atoms with Gasteiger partial charge < -0.3 is 9.47 Å². The van der Waals surface area contributed by atoms with E-state index in [-0.39, 0.29) is 17.5 Å². The van der Waals surface area contributed by atoms with E-state index in [1.165, 1.54) is 17.8 Å². The minimum Gasteiger partial charge on any atom is -0.334 e. The van der Waals surface area contributed by atoms with Gasteiger partial charge in [0.25, 0.3) is 11.5 Å². The van der Waals surface area contributed by atoms with Gasteiger partial charge in [0.15, 0.2) is 0 Å². The van der Waals surface area contributed by atoms with E-state index in [1.54, 1.807) is 28.4 Å². The molecule has 0 N–H and O–H groups in total. The molecule has 1 aliphatic carbocycles. The molecule has 0 unspecified atom stereocenters. The van der Waals surface area contributed by atoms with Crippen LogP contribution in [0.5, 0.6) is 0 Å². The first-order valence-corrected chi connectivity index (χ1v) is 12.5. The monoisotopic (exact) mass is 454 g/mol. The number of amides is 1. The zero-order valence-corrected chi connectivity index (χ0v) is 19.7. The Labute approximate surface area is 189 Å². The van der Waals surface area contributed by atoms with E-state index >= 15 is 0 Å². The Morgan fingerprint density at radius 2 is 1.87 bits per heavy atom. The summed E-state index contributed by atoms with van der Waals surface area (Å²) in [6.45, 7) is 4.75. The van der Waals surface area contributed by atoms with Crippen molar-refractivity contribution in [1.29, 1.82) is 0 Å². The van der Waals surface area contributed by atoms with Crippen molar-refractivity contribution in [1.82, 2.24) is 9.58 Å². The highest BCUT2D eigenvalue weighted by Gasteiger charge is 2.35. The van der Waals surface area contributed by atoms with E-state index in [9.17, 15) is 9.59 Å².